The van der Waals surface area contributed by atoms with Crippen molar-refractivity contribution in [1.29, 1.82) is 0 Å². The summed E-state index contributed by atoms with van der Waals surface area (Å²) in [5.74, 6) is 0. The topological polar surface area (TPSA) is 3.24 Å². The average Bonchev–Trinajstić information content (AvgIpc) is 3.49. The van der Waals surface area contributed by atoms with Crippen LogP contribution in [0.3, 0.4) is 0 Å². The molecule has 0 atom stereocenters. The Labute approximate surface area is 261 Å². The van der Waals surface area contributed by atoms with Crippen molar-refractivity contribution in [2.75, 3.05) is 4.90 Å². The molecule has 0 N–H and O–H groups in total. The Balaban J connectivity index is 1.45. The van der Waals surface area contributed by atoms with Crippen LogP contribution in [-0.2, 0) is 0 Å². The maximum atomic E-state index is 2.48. The van der Waals surface area contributed by atoms with E-state index in [-0.39, 0.29) is 0 Å². The fraction of sp³-hybridized carbons (Fsp3) is 0. The van der Waals surface area contributed by atoms with Crippen molar-refractivity contribution >= 4 is 48.6 Å². The zero-order chi connectivity index (χ0) is 29.3. The molecule has 8 rings (SSSR count). The van der Waals surface area contributed by atoms with Gasteiger partial charge in [-0.2, -0.15) is 0 Å². The largest absolute Gasteiger partial charge is 0.308 e. The van der Waals surface area contributed by atoms with Crippen LogP contribution in [0.4, 0.5) is 17.1 Å². The van der Waals surface area contributed by atoms with E-state index < -0.39 is 0 Å². The van der Waals surface area contributed by atoms with Gasteiger partial charge in [-0.1, -0.05) is 152 Å². The van der Waals surface area contributed by atoms with Crippen molar-refractivity contribution in [3.05, 3.63) is 176 Å². The first-order valence-corrected chi connectivity index (χ1v) is 15.8. The van der Waals surface area contributed by atoms with E-state index in [4.69, 9.17) is 0 Å². The summed E-state index contributed by atoms with van der Waals surface area (Å²) in [6, 6.07) is 63.3. The van der Waals surface area contributed by atoms with Crippen LogP contribution in [0.15, 0.2) is 176 Å². The number of para-hydroxylation sites is 1. The van der Waals surface area contributed by atoms with Gasteiger partial charge in [0, 0.05) is 32.3 Å². The molecule has 0 saturated carbocycles. The van der Waals surface area contributed by atoms with Gasteiger partial charge < -0.3 is 4.90 Å². The molecule has 0 aliphatic rings. The van der Waals surface area contributed by atoms with Crippen molar-refractivity contribution in [2.24, 2.45) is 0 Å². The van der Waals surface area contributed by atoms with Gasteiger partial charge in [-0.05, 0) is 46.5 Å². The molecule has 0 aliphatic carbocycles. The van der Waals surface area contributed by atoms with E-state index in [1.54, 1.807) is 0 Å². The van der Waals surface area contributed by atoms with Crippen molar-refractivity contribution in [3.63, 3.8) is 0 Å². The molecule has 0 amide bonds. The highest BCUT2D eigenvalue weighted by Gasteiger charge is 2.24. The van der Waals surface area contributed by atoms with E-state index in [0.29, 0.717) is 0 Å². The molecule has 0 radical (unpaired) electrons. The summed E-state index contributed by atoms with van der Waals surface area (Å²) in [6.45, 7) is 0. The van der Waals surface area contributed by atoms with Crippen LogP contribution in [0.5, 0.6) is 0 Å². The number of rotatable bonds is 6. The summed E-state index contributed by atoms with van der Waals surface area (Å²) in [6.07, 6.45) is 0. The smallest absolute Gasteiger partial charge is 0.0640 e. The van der Waals surface area contributed by atoms with Crippen molar-refractivity contribution in [3.8, 4) is 33.4 Å². The van der Waals surface area contributed by atoms with Crippen molar-refractivity contribution < 1.29 is 0 Å². The van der Waals surface area contributed by atoms with Gasteiger partial charge in [-0.3, -0.25) is 0 Å². The standard InChI is InChI=1S/C42H29NS/c1-4-14-30(15-5-1)31-26-28-34(29-27-31)43(39-24-13-23-38-37-20-10-11-25-40(37)44-42(38)39)41-35(32-16-6-2-7-17-32)21-12-22-36(41)33-18-8-3-9-19-33/h1-29H. The second-order valence-electron chi connectivity index (χ2n) is 10.9. The Morgan fingerprint density at radius 1 is 0.364 bits per heavy atom. The first-order valence-electron chi connectivity index (χ1n) is 14.9. The van der Waals surface area contributed by atoms with Gasteiger partial charge in [-0.15, -0.1) is 11.3 Å². The lowest BCUT2D eigenvalue weighted by Crippen LogP contribution is -2.13. The van der Waals surface area contributed by atoms with Crippen LogP contribution in [0, 0.1) is 0 Å². The molecule has 8 aromatic rings. The lowest BCUT2D eigenvalue weighted by molar-refractivity contribution is 1.30. The third-order valence-electron chi connectivity index (χ3n) is 8.29. The molecule has 1 aromatic heterocycles. The summed E-state index contributed by atoms with van der Waals surface area (Å²) in [7, 11) is 0. The van der Waals surface area contributed by atoms with Crippen LogP contribution in [0.2, 0.25) is 0 Å². The number of benzene rings is 7. The number of anilines is 3. The third kappa shape index (κ3) is 4.66. The van der Waals surface area contributed by atoms with Gasteiger partial charge in [0.1, 0.15) is 0 Å². The molecular weight excluding hydrogens is 551 g/mol. The van der Waals surface area contributed by atoms with Gasteiger partial charge in [-0.25, -0.2) is 0 Å². The summed E-state index contributed by atoms with van der Waals surface area (Å²) in [5, 5.41) is 2.58. The van der Waals surface area contributed by atoms with E-state index in [9.17, 15) is 0 Å². The molecule has 0 aliphatic heterocycles. The SMILES string of the molecule is c1ccc(-c2ccc(N(c3c(-c4ccccc4)cccc3-c3ccccc3)c3cccc4c3sc3ccccc34)cc2)cc1. The molecule has 0 unspecified atom stereocenters. The molecule has 0 saturated heterocycles. The summed E-state index contributed by atoms with van der Waals surface area (Å²) < 4.78 is 2.58. The van der Waals surface area contributed by atoms with Crippen molar-refractivity contribution in [1.82, 2.24) is 0 Å². The highest BCUT2D eigenvalue weighted by molar-refractivity contribution is 7.26. The Kier molecular flexibility index (Phi) is 6.75. The minimum Gasteiger partial charge on any atom is -0.308 e. The molecule has 208 valence electrons. The predicted octanol–water partition coefficient (Wildman–Crippen LogP) is 12.5. The summed E-state index contributed by atoms with van der Waals surface area (Å²) >= 11 is 1.87. The van der Waals surface area contributed by atoms with Gasteiger partial charge >= 0.3 is 0 Å². The number of nitrogens with zero attached hydrogens (tertiary/aromatic N) is 1. The van der Waals surface area contributed by atoms with Crippen molar-refractivity contribution in [2.45, 2.75) is 0 Å². The molecule has 0 bridgehead atoms. The van der Waals surface area contributed by atoms with Gasteiger partial charge in [0.25, 0.3) is 0 Å². The minimum absolute atomic E-state index is 1.12. The quantitative estimate of drug-likeness (QED) is 0.189. The Bertz CT molecular complexity index is 2140. The monoisotopic (exact) mass is 579 g/mol. The minimum atomic E-state index is 1.12. The zero-order valence-corrected chi connectivity index (χ0v) is 24.9. The van der Waals surface area contributed by atoms with Crippen LogP contribution < -0.4 is 4.90 Å². The Hall–Kier alpha value is -5.44. The summed E-state index contributed by atoms with van der Waals surface area (Å²) in [4.78, 5) is 2.48. The molecular formula is C42H29NS. The van der Waals surface area contributed by atoms with Crippen LogP contribution in [-0.4, -0.2) is 0 Å². The predicted molar refractivity (Wildman–Crippen MR) is 190 cm³/mol. The maximum Gasteiger partial charge on any atom is 0.0640 e. The number of hydrogen-bond donors (Lipinski definition) is 0. The maximum absolute atomic E-state index is 2.48. The number of fused-ring (bicyclic) bond motifs is 3. The lowest BCUT2D eigenvalue weighted by atomic mass is 9.94. The zero-order valence-electron chi connectivity index (χ0n) is 24.1. The normalized spacial score (nSPS) is 11.2. The fourth-order valence-electron chi connectivity index (χ4n) is 6.22. The van der Waals surface area contributed by atoms with E-state index in [1.807, 2.05) is 11.3 Å². The summed E-state index contributed by atoms with van der Waals surface area (Å²) in [5.41, 5.74) is 10.6. The van der Waals surface area contributed by atoms with Gasteiger partial charge in [0.05, 0.1) is 16.1 Å². The molecule has 44 heavy (non-hydrogen) atoms. The second kappa shape index (κ2) is 11.3. The lowest BCUT2D eigenvalue weighted by Gasteiger charge is -2.31. The van der Waals surface area contributed by atoms with E-state index >= 15 is 0 Å². The molecule has 1 heterocycles. The molecule has 7 aromatic carbocycles. The first kappa shape index (κ1) is 26.2. The van der Waals surface area contributed by atoms with Crippen LogP contribution in [0.25, 0.3) is 53.6 Å². The van der Waals surface area contributed by atoms with Gasteiger partial charge in [0.15, 0.2) is 0 Å². The first-order chi connectivity index (χ1) is 21.8. The molecule has 0 fully saturated rings. The van der Waals surface area contributed by atoms with E-state index in [2.05, 4.69) is 181 Å². The van der Waals surface area contributed by atoms with E-state index in [0.717, 1.165) is 5.69 Å². The molecule has 0 spiro atoms. The fourth-order valence-corrected chi connectivity index (χ4v) is 7.42. The Morgan fingerprint density at radius 2 is 0.864 bits per heavy atom. The van der Waals surface area contributed by atoms with Crippen LogP contribution >= 0.6 is 11.3 Å². The Morgan fingerprint density at radius 3 is 1.50 bits per heavy atom. The number of hydrogen-bond acceptors (Lipinski definition) is 2. The number of thiophene rings is 1. The molecule has 2 heteroatoms. The molecule has 1 nitrogen and oxygen atoms in total. The highest BCUT2D eigenvalue weighted by atomic mass is 32.1. The second-order valence-corrected chi connectivity index (χ2v) is 12.0. The van der Waals surface area contributed by atoms with Crippen LogP contribution in [0.1, 0.15) is 0 Å². The third-order valence-corrected chi connectivity index (χ3v) is 9.50. The average molecular weight is 580 g/mol. The van der Waals surface area contributed by atoms with E-state index in [1.165, 1.54) is 64.9 Å². The highest BCUT2D eigenvalue weighted by Crippen LogP contribution is 2.50. The van der Waals surface area contributed by atoms with Gasteiger partial charge in [0.2, 0.25) is 0 Å².